The average molecular weight is 501 g/mol. The maximum absolute atomic E-state index is 12.6. The molecule has 12 nitrogen and oxygen atoms in total. The summed E-state index contributed by atoms with van der Waals surface area (Å²) in [6.07, 6.45) is 2.93. The largest absolute Gasteiger partial charge is 0.461 e. The summed E-state index contributed by atoms with van der Waals surface area (Å²) in [6.45, 7) is 9.35. The normalized spacial score (nSPS) is 9.67. The summed E-state index contributed by atoms with van der Waals surface area (Å²) in [6, 6.07) is 3.79. The molecular weight excluding hydrogens is 474 g/mol. The molecule has 0 saturated carbocycles. The number of hydrogen-bond donors (Lipinski definition) is 3. The minimum atomic E-state index is -0.653. The second kappa shape index (κ2) is 16.0. The lowest BCUT2D eigenvalue weighted by Crippen LogP contribution is -2.32. The van der Waals surface area contributed by atoms with Gasteiger partial charge in [0.25, 0.3) is 17.7 Å². The third-order valence-corrected chi connectivity index (χ3v) is 4.12. The second-order valence-corrected chi connectivity index (χ2v) is 6.68. The van der Waals surface area contributed by atoms with E-state index in [9.17, 15) is 28.8 Å². The zero-order chi connectivity index (χ0) is 26.9. The molecule has 0 saturated heterocycles. The van der Waals surface area contributed by atoms with Crippen LogP contribution in [0.4, 0.5) is 0 Å². The van der Waals surface area contributed by atoms with Crippen molar-refractivity contribution in [3.63, 3.8) is 0 Å². The topological polar surface area (TPSA) is 166 Å². The van der Waals surface area contributed by atoms with E-state index in [0.29, 0.717) is 0 Å². The van der Waals surface area contributed by atoms with Crippen LogP contribution in [0.1, 0.15) is 31.1 Å². The predicted molar refractivity (Wildman–Crippen MR) is 127 cm³/mol. The number of hydrogen-bond acceptors (Lipinski definition) is 9. The molecule has 0 aliphatic heterocycles. The molecule has 0 atom stereocenters. The first kappa shape index (κ1) is 29.3. The van der Waals surface area contributed by atoms with Crippen LogP contribution in [0.15, 0.2) is 56.2 Å². The Morgan fingerprint density at radius 1 is 0.556 bits per heavy atom. The number of amides is 3. The first-order valence-electron chi connectivity index (χ1n) is 10.6. The van der Waals surface area contributed by atoms with Crippen LogP contribution >= 0.6 is 0 Å². The highest BCUT2D eigenvalue weighted by atomic mass is 16.5. The van der Waals surface area contributed by atoms with Gasteiger partial charge in [-0.05, 0) is 18.2 Å². The summed E-state index contributed by atoms with van der Waals surface area (Å²) in [5.41, 5.74) is -0.0444. The Labute approximate surface area is 207 Å². The van der Waals surface area contributed by atoms with Crippen molar-refractivity contribution in [2.24, 2.45) is 0 Å². The molecule has 1 aromatic rings. The Kier molecular flexibility index (Phi) is 13.0. The van der Waals surface area contributed by atoms with Crippen LogP contribution in [0.2, 0.25) is 0 Å². The van der Waals surface area contributed by atoms with E-state index < -0.39 is 35.6 Å². The molecule has 3 amide bonds. The smallest absolute Gasteiger partial charge is 0.330 e. The van der Waals surface area contributed by atoms with Gasteiger partial charge >= 0.3 is 17.9 Å². The fourth-order valence-electron chi connectivity index (χ4n) is 2.45. The number of rotatable bonds is 15. The predicted octanol–water partition coefficient (Wildman–Crippen LogP) is 0.0636. The van der Waals surface area contributed by atoms with Gasteiger partial charge in [-0.2, -0.15) is 0 Å². The van der Waals surface area contributed by atoms with E-state index in [0.717, 1.165) is 18.2 Å². The zero-order valence-corrected chi connectivity index (χ0v) is 19.5. The van der Waals surface area contributed by atoms with Gasteiger partial charge in [-0.25, -0.2) is 14.4 Å². The molecule has 0 bridgehead atoms. The first-order chi connectivity index (χ1) is 17.2. The van der Waals surface area contributed by atoms with Crippen LogP contribution in [0.25, 0.3) is 0 Å². The SMILES string of the molecule is C=CC(=O)OCCNC(=O)c1cc(C(=O)NCCOC(=O)C=C)cc(C(=O)NCCOC(=O)C=C)c1. The Hall–Kier alpha value is -4.74. The molecule has 0 aliphatic rings. The number of carbonyl (C=O) groups excluding carboxylic acids is 6. The molecule has 1 rings (SSSR count). The van der Waals surface area contributed by atoms with Crippen molar-refractivity contribution in [2.45, 2.75) is 0 Å². The first-order valence-corrected chi connectivity index (χ1v) is 10.6. The standard InChI is InChI=1S/C24H27N3O9/c1-4-19(28)34-10-7-25-22(31)16-13-17(23(32)26-8-11-35-20(29)5-2)15-18(14-16)24(33)27-9-12-36-21(30)6-3/h4-6,13-15H,1-3,7-12H2,(H,25,31)(H,26,32)(H,27,33). The highest BCUT2D eigenvalue weighted by Gasteiger charge is 2.17. The van der Waals surface area contributed by atoms with Crippen molar-refractivity contribution in [1.29, 1.82) is 0 Å². The molecule has 0 aromatic heterocycles. The lowest BCUT2D eigenvalue weighted by molar-refractivity contribution is -0.138. The maximum atomic E-state index is 12.6. The average Bonchev–Trinajstić information content (AvgIpc) is 2.89. The number of carbonyl (C=O) groups is 6. The van der Waals surface area contributed by atoms with Crippen LogP contribution in [-0.2, 0) is 28.6 Å². The highest BCUT2D eigenvalue weighted by Crippen LogP contribution is 2.11. The molecular formula is C24H27N3O9. The van der Waals surface area contributed by atoms with Gasteiger partial charge in [0.05, 0.1) is 19.6 Å². The fraction of sp³-hybridized carbons (Fsp3) is 0.250. The van der Waals surface area contributed by atoms with Crippen LogP contribution in [-0.4, -0.2) is 75.1 Å². The van der Waals surface area contributed by atoms with Gasteiger partial charge in [0.1, 0.15) is 19.8 Å². The van der Waals surface area contributed by atoms with E-state index in [4.69, 9.17) is 14.2 Å². The van der Waals surface area contributed by atoms with E-state index >= 15 is 0 Å². The molecule has 0 radical (unpaired) electrons. The monoisotopic (exact) mass is 501 g/mol. The van der Waals surface area contributed by atoms with Crippen LogP contribution < -0.4 is 16.0 Å². The third kappa shape index (κ3) is 10.9. The van der Waals surface area contributed by atoms with Gasteiger partial charge in [0.15, 0.2) is 0 Å². The summed E-state index contributed by atoms with van der Waals surface area (Å²) in [4.78, 5) is 71.0. The van der Waals surface area contributed by atoms with Crippen molar-refractivity contribution < 1.29 is 43.0 Å². The molecule has 0 aliphatic carbocycles. The van der Waals surface area contributed by atoms with Crippen molar-refractivity contribution in [3.8, 4) is 0 Å². The quantitative estimate of drug-likeness (QED) is 0.130. The second-order valence-electron chi connectivity index (χ2n) is 6.68. The molecule has 0 unspecified atom stereocenters. The lowest BCUT2D eigenvalue weighted by Gasteiger charge is -2.12. The molecule has 3 N–H and O–H groups in total. The summed E-state index contributed by atoms with van der Waals surface area (Å²) in [5, 5.41) is 7.52. The zero-order valence-electron chi connectivity index (χ0n) is 19.5. The van der Waals surface area contributed by atoms with Crippen molar-refractivity contribution in [3.05, 3.63) is 72.9 Å². The van der Waals surface area contributed by atoms with E-state index in [1.807, 2.05) is 0 Å². The Morgan fingerprint density at radius 2 is 0.806 bits per heavy atom. The minimum absolute atomic E-state index is 0.0148. The molecule has 0 spiro atoms. The number of benzene rings is 1. The lowest BCUT2D eigenvalue weighted by atomic mass is 10.0. The molecule has 192 valence electrons. The van der Waals surface area contributed by atoms with Gasteiger partial charge < -0.3 is 30.2 Å². The van der Waals surface area contributed by atoms with E-state index in [1.165, 1.54) is 18.2 Å². The van der Waals surface area contributed by atoms with Gasteiger partial charge in [0, 0.05) is 34.9 Å². The summed E-state index contributed by atoms with van der Waals surface area (Å²) in [7, 11) is 0. The van der Waals surface area contributed by atoms with Crippen LogP contribution in [0, 0.1) is 0 Å². The summed E-state index contributed by atoms with van der Waals surface area (Å²) in [5.74, 6) is -3.85. The van der Waals surface area contributed by atoms with E-state index in [-0.39, 0.29) is 56.1 Å². The van der Waals surface area contributed by atoms with Gasteiger partial charge in [-0.15, -0.1) is 0 Å². The fourth-order valence-corrected chi connectivity index (χ4v) is 2.45. The molecule has 36 heavy (non-hydrogen) atoms. The van der Waals surface area contributed by atoms with Gasteiger partial charge in [-0.1, -0.05) is 19.7 Å². The van der Waals surface area contributed by atoms with E-state index in [1.54, 1.807) is 0 Å². The molecule has 0 heterocycles. The van der Waals surface area contributed by atoms with Crippen molar-refractivity contribution in [2.75, 3.05) is 39.5 Å². The van der Waals surface area contributed by atoms with Crippen LogP contribution in [0.5, 0.6) is 0 Å². The molecule has 0 fully saturated rings. The minimum Gasteiger partial charge on any atom is -0.461 e. The number of nitrogens with one attached hydrogen (secondary N) is 3. The van der Waals surface area contributed by atoms with E-state index in [2.05, 4.69) is 35.7 Å². The van der Waals surface area contributed by atoms with Gasteiger partial charge in [-0.3, -0.25) is 14.4 Å². The Morgan fingerprint density at radius 3 is 1.03 bits per heavy atom. The van der Waals surface area contributed by atoms with Crippen molar-refractivity contribution in [1.82, 2.24) is 16.0 Å². The number of ether oxygens (including phenoxy) is 3. The summed E-state index contributed by atoms with van der Waals surface area (Å²) >= 11 is 0. The van der Waals surface area contributed by atoms with Gasteiger partial charge in [0.2, 0.25) is 0 Å². The highest BCUT2D eigenvalue weighted by molar-refractivity contribution is 6.04. The third-order valence-electron chi connectivity index (χ3n) is 4.12. The Bertz CT molecular complexity index is 893. The maximum Gasteiger partial charge on any atom is 0.330 e. The number of esters is 3. The summed E-state index contributed by atoms with van der Waals surface area (Å²) < 4.78 is 14.3. The van der Waals surface area contributed by atoms with Crippen LogP contribution in [0.3, 0.4) is 0 Å². The van der Waals surface area contributed by atoms with Crippen molar-refractivity contribution >= 4 is 35.6 Å². The Balaban J connectivity index is 2.93. The molecule has 1 aromatic carbocycles. The molecule has 12 heteroatoms.